The molecule has 8 heteroatoms. The maximum atomic E-state index is 11.8. The Kier molecular flexibility index (Phi) is 3.42. The number of hydrogen-bond acceptors (Lipinski definition) is 6. The molecule has 2 rings (SSSR count). The first-order chi connectivity index (χ1) is 8.37. The summed E-state index contributed by atoms with van der Waals surface area (Å²) in [6, 6.07) is 1.48. The summed E-state index contributed by atoms with van der Waals surface area (Å²) in [5, 5.41) is 18.4. The van der Waals surface area contributed by atoms with Crippen LogP contribution in [-0.2, 0) is 4.74 Å². The van der Waals surface area contributed by atoms with E-state index < -0.39 is 29.3 Å². The summed E-state index contributed by atoms with van der Waals surface area (Å²) in [5.41, 5.74) is 4.86. The van der Waals surface area contributed by atoms with Crippen molar-refractivity contribution < 1.29 is 14.9 Å². The summed E-state index contributed by atoms with van der Waals surface area (Å²) in [4.78, 5) is 15.4. The van der Waals surface area contributed by atoms with Crippen molar-refractivity contribution in [3.05, 3.63) is 22.7 Å². The molecule has 0 bridgehead atoms. The molecule has 1 aromatic heterocycles. The Morgan fingerprint density at radius 1 is 1.72 bits per heavy atom. The Hall–Kier alpha value is -1.01. The lowest BCUT2D eigenvalue weighted by Gasteiger charge is -2.28. The largest absolute Gasteiger partial charge is 0.394 e. The van der Waals surface area contributed by atoms with Crippen LogP contribution >= 0.6 is 9.24 Å². The third-order valence-corrected chi connectivity index (χ3v) is 3.74. The summed E-state index contributed by atoms with van der Waals surface area (Å²) in [6.07, 6.45) is -0.899. The first kappa shape index (κ1) is 13.4. The smallest absolute Gasteiger partial charge is 0.351 e. The van der Waals surface area contributed by atoms with Crippen molar-refractivity contribution in [3.63, 3.8) is 0 Å². The molecule has 0 amide bonds. The van der Waals surface area contributed by atoms with Crippen molar-refractivity contribution in [2.75, 3.05) is 12.3 Å². The molecule has 0 aromatic carbocycles. The predicted molar refractivity (Wildman–Crippen MR) is 68.0 cm³/mol. The molecule has 0 aliphatic carbocycles. The van der Waals surface area contributed by atoms with Crippen LogP contribution < -0.4 is 11.4 Å². The highest BCUT2D eigenvalue weighted by Crippen LogP contribution is 2.43. The molecule has 2 heterocycles. The lowest BCUT2D eigenvalue weighted by atomic mass is 10.0. The molecular weight excluding hydrogens is 257 g/mol. The third kappa shape index (κ3) is 2.03. The summed E-state index contributed by atoms with van der Waals surface area (Å²) in [6.45, 7) is 1.41. The van der Waals surface area contributed by atoms with Crippen molar-refractivity contribution in [2.24, 2.45) is 0 Å². The first-order valence-corrected chi connectivity index (χ1v) is 6.03. The van der Waals surface area contributed by atoms with E-state index in [1.807, 2.05) is 0 Å². The number of nitrogen functional groups attached to an aromatic ring is 1. The number of ether oxygens (including phenoxy) is 1. The minimum absolute atomic E-state index is 0.124. The highest BCUT2D eigenvalue weighted by molar-refractivity contribution is 7.19. The molecule has 5 atom stereocenters. The lowest BCUT2D eigenvalue weighted by molar-refractivity contribution is -0.0468. The van der Waals surface area contributed by atoms with Crippen molar-refractivity contribution in [2.45, 2.75) is 30.5 Å². The predicted octanol–water partition coefficient (Wildman–Crippen LogP) is -1.29. The molecule has 0 saturated carbocycles. The zero-order valence-electron chi connectivity index (χ0n) is 9.85. The number of aliphatic hydroxyl groups excluding tert-OH is 2. The molecule has 1 aliphatic heterocycles. The fourth-order valence-electron chi connectivity index (χ4n) is 2.05. The highest BCUT2D eigenvalue weighted by atomic mass is 31.0. The van der Waals surface area contributed by atoms with Gasteiger partial charge in [-0.1, -0.05) is 0 Å². The molecule has 4 N–H and O–H groups in total. The quantitative estimate of drug-likeness (QED) is 0.578. The summed E-state index contributed by atoms with van der Waals surface area (Å²) in [5.74, 6) is 0.124. The molecule has 100 valence electrons. The van der Waals surface area contributed by atoms with Gasteiger partial charge in [-0.15, -0.1) is 9.24 Å². The van der Waals surface area contributed by atoms with Gasteiger partial charge in [0.2, 0.25) is 0 Å². The van der Waals surface area contributed by atoms with Gasteiger partial charge in [0.05, 0.1) is 17.9 Å². The van der Waals surface area contributed by atoms with Gasteiger partial charge in [-0.2, -0.15) is 4.98 Å². The van der Waals surface area contributed by atoms with Crippen molar-refractivity contribution in [1.29, 1.82) is 0 Å². The van der Waals surface area contributed by atoms with E-state index in [9.17, 15) is 9.90 Å². The van der Waals surface area contributed by atoms with Crippen LogP contribution in [0.2, 0.25) is 0 Å². The number of anilines is 1. The highest BCUT2D eigenvalue weighted by Gasteiger charge is 2.51. The normalized spacial score (nSPS) is 35.9. The SMILES string of the molecule is CC1(P)[C@@H](O)[C@@H](CO)O[C@H]1n1ccc(N)nc1=O. The number of rotatable bonds is 2. The van der Waals surface area contributed by atoms with Gasteiger partial charge < -0.3 is 20.7 Å². The van der Waals surface area contributed by atoms with Crippen LogP contribution in [0.3, 0.4) is 0 Å². The van der Waals surface area contributed by atoms with Gasteiger partial charge in [0.1, 0.15) is 18.1 Å². The second-order valence-electron chi connectivity index (χ2n) is 4.56. The van der Waals surface area contributed by atoms with Crippen molar-refractivity contribution >= 4 is 15.1 Å². The maximum absolute atomic E-state index is 11.8. The summed E-state index contributed by atoms with van der Waals surface area (Å²) in [7, 11) is 2.46. The monoisotopic (exact) mass is 273 g/mol. The van der Waals surface area contributed by atoms with Crippen molar-refractivity contribution in [1.82, 2.24) is 9.55 Å². The summed E-state index contributed by atoms with van der Waals surface area (Å²) < 4.78 is 6.76. The molecule has 1 fully saturated rings. The molecule has 0 radical (unpaired) electrons. The zero-order chi connectivity index (χ0) is 13.5. The number of nitrogens with zero attached hydrogens (tertiary/aromatic N) is 2. The Morgan fingerprint density at radius 3 is 2.89 bits per heavy atom. The van der Waals surface area contributed by atoms with Crippen LogP contribution in [0.15, 0.2) is 17.1 Å². The number of aromatic nitrogens is 2. The van der Waals surface area contributed by atoms with E-state index in [1.165, 1.54) is 16.8 Å². The molecule has 1 aromatic rings. The second kappa shape index (κ2) is 4.59. The molecule has 0 spiro atoms. The van der Waals surface area contributed by atoms with E-state index in [-0.39, 0.29) is 12.4 Å². The molecule has 1 saturated heterocycles. The standard InChI is InChI=1S/C10H16N3O4P/c1-10(18)7(15)5(4-14)17-8(10)13-3-2-6(11)12-9(13)16/h2-3,5,7-8,14-15H,4,18H2,1H3,(H2,11,12,16)/t5-,7+,8-,10?/m1/s1. The summed E-state index contributed by atoms with van der Waals surface area (Å²) >= 11 is 0. The van der Waals surface area contributed by atoms with E-state index in [0.717, 1.165) is 0 Å². The van der Waals surface area contributed by atoms with Crippen LogP contribution in [-0.4, -0.2) is 43.7 Å². The average Bonchev–Trinajstić information content (AvgIpc) is 2.52. The van der Waals surface area contributed by atoms with Gasteiger partial charge in [-0.3, -0.25) is 4.57 Å². The lowest BCUT2D eigenvalue weighted by Crippen LogP contribution is -2.41. The fraction of sp³-hybridized carbons (Fsp3) is 0.600. The Morgan fingerprint density at radius 2 is 2.39 bits per heavy atom. The zero-order valence-corrected chi connectivity index (χ0v) is 11.0. The van der Waals surface area contributed by atoms with Gasteiger partial charge in [-0.05, 0) is 13.0 Å². The van der Waals surface area contributed by atoms with Gasteiger partial charge in [0.25, 0.3) is 0 Å². The topological polar surface area (TPSA) is 111 Å². The fourth-order valence-corrected chi connectivity index (χ4v) is 2.50. The van der Waals surface area contributed by atoms with Crippen LogP contribution in [0.5, 0.6) is 0 Å². The van der Waals surface area contributed by atoms with E-state index in [2.05, 4.69) is 14.2 Å². The Bertz CT molecular complexity index is 504. The molecule has 1 aliphatic rings. The molecule has 2 unspecified atom stereocenters. The van der Waals surface area contributed by atoms with Crippen LogP contribution in [0.1, 0.15) is 13.2 Å². The number of nitrogens with two attached hydrogens (primary N) is 1. The van der Waals surface area contributed by atoms with Crippen LogP contribution in [0, 0.1) is 0 Å². The molecule has 7 nitrogen and oxygen atoms in total. The minimum atomic E-state index is -0.901. The maximum Gasteiger partial charge on any atom is 0.351 e. The first-order valence-electron chi connectivity index (χ1n) is 5.46. The van der Waals surface area contributed by atoms with E-state index in [0.29, 0.717) is 0 Å². The van der Waals surface area contributed by atoms with Crippen molar-refractivity contribution in [3.8, 4) is 0 Å². The number of hydrogen-bond donors (Lipinski definition) is 3. The number of aliphatic hydroxyl groups is 2. The molecular formula is C10H16N3O4P. The van der Waals surface area contributed by atoms with E-state index in [1.54, 1.807) is 6.92 Å². The van der Waals surface area contributed by atoms with E-state index >= 15 is 0 Å². The Labute approximate surface area is 106 Å². The van der Waals surface area contributed by atoms with Gasteiger partial charge >= 0.3 is 5.69 Å². The van der Waals surface area contributed by atoms with Gasteiger partial charge in [0.15, 0.2) is 0 Å². The third-order valence-electron chi connectivity index (χ3n) is 3.11. The Balaban J connectivity index is 2.42. The van der Waals surface area contributed by atoms with Gasteiger partial charge in [0, 0.05) is 6.20 Å². The average molecular weight is 273 g/mol. The minimum Gasteiger partial charge on any atom is -0.394 e. The van der Waals surface area contributed by atoms with Crippen LogP contribution in [0.25, 0.3) is 0 Å². The second-order valence-corrected chi connectivity index (χ2v) is 5.81. The van der Waals surface area contributed by atoms with Gasteiger partial charge in [-0.25, -0.2) is 4.79 Å². The van der Waals surface area contributed by atoms with E-state index in [4.69, 9.17) is 15.6 Å². The van der Waals surface area contributed by atoms with Crippen LogP contribution in [0.4, 0.5) is 5.82 Å². The molecule has 18 heavy (non-hydrogen) atoms.